The maximum Gasteiger partial charge on any atom is 0.333 e. The molecule has 9 aromatic rings. The Bertz CT molecular complexity index is 4480. The molecule has 28 heteroatoms. The van der Waals surface area contributed by atoms with Gasteiger partial charge in [-0.15, -0.1) is 0 Å². The zero-order valence-corrected chi connectivity index (χ0v) is 71.6. The van der Waals surface area contributed by atoms with E-state index in [1.54, 1.807) is 227 Å². The zero-order valence-electron chi connectivity index (χ0n) is 70.1. The lowest BCUT2D eigenvalue weighted by Gasteiger charge is -2.10. The molecule has 0 saturated carbocycles. The SMILES string of the molecule is C.C=C(C)C(=O)OCCCCCCOc1ccc(/C=C/C(=O)O)cc1.C=C(C)C(=O)OCCOc1ccc(/C=C/C(=O)OCCOc2ccc(Oc3ccc(OCCOC(=O)/C=C/c4ccc(OCCOC(=O)C(=C)C)cc4)cc3)cc2)cc1.OCCCCCCBr.OCOc1ccc(Oc2ccc(OCO)cc2)cc1.Oc1ccc(Oc2ccc(O)cc2)cc1. The number of halogens is 1. The molecule has 6 N–H and O–H groups in total. The zero-order chi connectivity index (χ0) is 90.4. The van der Waals surface area contributed by atoms with Crippen LogP contribution in [-0.2, 0) is 52.5 Å². The fourth-order valence-electron chi connectivity index (χ4n) is 9.65. The summed E-state index contributed by atoms with van der Waals surface area (Å²) in [5.41, 5.74) is 3.45. The first-order valence-corrected chi connectivity index (χ1v) is 40.8. The summed E-state index contributed by atoms with van der Waals surface area (Å²) in [4.78, 5) is 68.6. The highest BCUT2D eigenvalue weighted by molar-refractivity contribution is 9.09. The number of alkyl halides is 1. The summed E-state index contributed by atoms with van der Waals surface area (Å²) in [7, 11) is 0. The number of phenolic OH excluding ortho intramolecular Hbond substituents is 2. The third kappa shape index (κ3) is 48.2. The van der Waals surface area contributed by atoms with Crippen molar-refractivity contribution in [2.75, 3.05) is 91.6 Å². The van der Waals surface area contributed by atoms with Gasteiger partial charge in [-0.25, -0.2) is 28.8 Å². The molecule has 0 atom stereocenters. The Hall–Kier alpha value is -13.8. The van der Waals surface area contributed by atoms with E-state index in [-0.39, 0.29) is 91.3 Å². The Balaban J connectivity index is 0.000000400. The van der Waals surface area contributed by atoms with E-state index in [1.165, 1.54) is 37.5 Å². The second-order valence-corrected chi connectivity index (χ2v) is 27.1. The van der Waals surface area contributed by atoms with Crippen LogP contribution < -0.4 is 47.4 Å². The number of aliphatic hydroxyl groups is 3. The van der Waals surface area contributed by atoms with Gasteiger partial charge >= 0.3 is 35.8 Å². The summed E-state index contributed by atoms with van der Waals surface area (Å²) in [5.74, 6) is 5.20. The van der Waals surface area contributed by atoms with Crippen LogP contribution in [0.4, 0.5) is 0 Å². The minimum absolute atomic E-state index is 0. The normalized spacial score (nSPS) is 10.3. The van der Waals surface area contributed by atoms with Gasteiger partial charge in [0, 0.05) is 46.9 Å². The van der Waals surface area contributed by atoms with Crippen LogP contribution in [0.5, 0.6) is 86.2 Å². The average Bonchev–Trinajstić information content (AvgIpc) is 0.878. The van der Waals surface area contributed by atoms with Gasteiger partial charge in [0.1, 0.15) is 139 Å². The molecule has 126 heavy (non-hydrogen) atoms. The molecule has 27 nitrogen and oxygen atoms in total. The third-order valence-electron chi connectivity index (χ3n) is 16.0. The van der Waals surface area contributed by atoms with Gasteiger partial charge < -0.3 is 102 Å². The maximum atomic E-state index is 12.1. The quantitative estimate of drug-likeness (QED) is 0.00515. The molecule has 9 aromatic carbocycles. The summed E-state index contributed by atoms with van der Waals surface area (Å²) in [6.07, 6.45) is 16.9. The van der Waals surface area contributed by atoms with E-state index in [0.29, 0.717) is 106 Å². The second-order valence-electron chi connectivity index (χ2n) is 26.3. The molecule has 672 valence electrons. The number of aliphatic carboxylic acids is 1. The number of rotatable bonds is 48. The van der Waals surface area contributed by atoms with Crippen LogP contribution in [0.2, 0.25) is 0 Å². The number of hydrogen-bond donors (Lipinski definition) is 6. The van der Waals surface area contributed by atoms with Crippen LogP contribution in [0.25, 0.3) is 18.2 Å². The Kier molecular flexibility index (Phi) is 52.4. The molecule has 0 aliphatic carbocycles. The van der Waals surface area contributed by atoms with Gasteiger partial charge in [0.2, 0.25) is 0 Å². The van der Waals surface area contributed by atoms with E-state index >= 15 is 0 Å². The molecule has 0 bridgehead atoms. The molecule has 0 fully saturated rings. The fourth-order valence-corrected chi connectivity index (χ4v) is 10.0. The number of unbranched alkanes of at least 4 members (excludes halogenated alkanes) is 6. The van der Waals surface area contributed by atoms with Crippen LogP contribution in [0.1, 0.15) is 96.3 Å². The van der Waals surface area contributed by atoms with E-state index in [9.17, 15) is 28.8 Å². The topological polar surface area (TPSA) is 362 Å². The molecule has 0 radical (unpaired) electrons. The van der Waals surface area contributed by atoms with Gasteiger partial charge in [0.05, 0.1) is 13.2 Å². The number of carbonyl (C=O) groups is 6. The molecular weight excluding hydrogens is 1690 g/mol. The number of aromatic hydroxyl groups is 2. The number of carboxylic acids is 1. The summed E-state index contributed by atoms with van der Waals surface area (Å²) < 4.78 is 80.2. The first-order chi connectivity index (χ1) is 60.5. The Labute approximate surface area is 743 Å². The van der Waals surface area contributed by atoms with Crippen LogP contribution in [0.3, 0.4) is 0 Å². The largest absolute Gasteiger partial charge is 0.508 e. The van der Waals surface area contributed by atoms with Crippen molar-refractivity contribution in [2.24, 2.45) is 0 Å². The third-order valence-corrected chi connectivity index (χ3v) is 16.6. The van der Waals surface area contributed by atoms with E-state index in [4.69, 9.17) is 102 Å². The van der Waals surface area contributed by atoms with E-state index < -0.39 is 29.8 Å². The molecule has 9 rings (SSSR count). The number of hydrogen-bond acceptors (Lipinski definition) is 26. The van der Waals surface area contributed by atoms with Crippen molar-refractivity contribution < 1.29 is 130 Å². The Morgan fingerprint density at radius 2 is 0.532 bits per heavy atom. The molecule has 0 saturated heterocycles. The molecule has 0 heterocycles. The average molecular weight is 1800 g/mol. The number of benzene rings is 9. The highest BCUT2D eigenvalue weighted by Gasteiger charge is 2.10. The fraction of sp³-hybridized carbons (Fsp3) is 0.265. The lowest BCUT2D eigenvalue weighted by Crippen LogP contribution is -2.12. The van der Waals surface area contributed by atoms with Gasteiger partial charge in [0.15, 0.2) is 13.6 Å². The minimum Gasteiger partial charge on any atom is -0.508 e. The monoisotopic (exact) mass is 1800 g/mol. The van der Waals surface area contributed by atoms with Crippen molar-refractivity contribution in [3.8, 4) is 86.2 Å². The number of carbonyl (C=O) groups excluding carboxylic acids is 5. The van der Waals surface area contributed by atoms with Crippen LogP contribution >= 0.6 is 15.9 Å². The Morgan fingerprint density at radius 1 is 0.294 bits per heavy atom. The summed E-state index contributed by atoms with van der Waals surface area (Å²) in [6.45, 7) is 17.1. The van der Waals surface area contributed by atoms with Crippen molar-refractivity contribution in [2.45, 2.75) is 79.6 Å². The molecule has 0 amide bonds. The maximum absolute atomic E-state index is 12.1. The highest BCUT2D eigenvalue weighted by Crippen LogP contribution is 2.30. The van der Waals surface area contributed by atoms with Crippen molar-refractivity contribution in [1.82, 2.24) is 0 Å². The molecule has 0 spiro atoms. The lowest BCUT2D eigenvalue weighted by molar-refractivity contribution is -0.140. The summed E-state index contributed by atoms with van der Waals surface area (Å²) >= 11 is 3.34. The number of carboxylic acid groups (broad SMARTS) is 1. The van der Waals surface area contributed by atoms with Gasteiger partial charge in [-0.1, -0.05) is 92.3 Å². The van der Waals surface area contributed by atoms with E-state index in [1.807, 2.05) is 24.3 Å². The van der Waals surface area contributed by atoms with Gasteiger partial charge in [0.25, 0.3) is 0 Å². The number of aliphatic hydroxyl groups excluding tert-OH is 3. The van der Waals surface area contributed by atoms with Crippen LogP contribution in [0, 0.1) is 0 Å². The minimum atomic E-state index is -0.968. The van der Waals surface area contributed by atoms with Gasteiger partial charge in [-0.3, -0.25) is 0 Å². The molecule has 0 aliphatic rings. The molecular formula is C98H111BrO27. The van der Waals surface area contributed by atoms with Gasteiger partial charge in [-0.2, -0.15) is 0 Å². The second kappa shape index (κ2) is 63.2. The first kappa shape index (κ1) is 105. The summed E-state index contributed by atoms with van der Waals surface area (Å²) in [5, 5.41) is 53.4. The molecule has 0 aromatic heterocycles. The standard InChI is InChI=1S/C46H46O13.C19H24O5.C14H14O5.C12H10O3.C6H13BrO.CH4/c1-33(2)45(49)57-31-27-53-37-11-5-35(6-12-37)9-23-43(47)55-29-25-51-39-15-19-41(20-16-39)59-42-21-17-40(18-22-42)52-26-30-56-44(48)24-10-36-7-13-38(14-8-36)54-28-32-58-46(50)34(3)4;1-15(2)19(22)24-14-6-4-3-5-13-23-17-10-7-16(8-11-17)9-12-18(20)21;15-9-17-11-1-5-13(6-2-11)19-14-7-3-12(4-8-14)18-10-16;13-9-1-5-11(6-2-9)15-12-7-3-10(14)4-8-12;7-5-3-1-2-4-6-8;/h5-24H,1,3,25-32H2,2,4H3;7-12H,1,3-6,13-14H2,2H3,(H,20,21);1-8,15-16H,9-10H2;1-8,13-14H;8H,1-6H2;1H4/b23-9+,24-10+;12-9+;;;;. The van der Waals surface area contributed by atoms with Crippen molar-refractivity contribution in [3.63, 3.8) is 0 Å². The van der Waals surface area contributed by atoms with Gasteiger partial charge in [-0.05, 0) is 276 Å². The predicted octanol–water partition coefficient (Wildman–Crippen LogP) is 19.2. The number of esters is 5. The molecule has 0 aliphatic heterocycles. The van der Waals surface area contributed by atoms with Crippen molar-refractivity contribution in [3.05, 3.63) is 290 Å². The predicted molar refractivity (Wildman–Crippen MR) is 483 cm³/mol. The Morgan fingerprint density at radius 3 is 0.817 bits per heavy atom. The van der Waals surface area contributed by atoms with Crippen LogP contribution in [-0.4, -0.2) is 158 Å². The lowest BCUT2D eigenvalue weighted by atomic mass is 10.2. The highest BCUT2D eigenvalue weighted by atomic mass is 79.9. The number of phenols is 2. The molecule has 0 unspecified atom stereocenters. The van der Waals surface area contributed by atoms with E-state index in [0.717, 1.165) is 66.0 Å². The smallest absolute Gasteiger partial charge is 0.333 e. The van der Waals surface area contributed by atoms with Crippen LogP contribution in [0.15, 0.2) is 273 Å². The summed E-state index contributed by atoms with van der Waals surface area (Å²) in [6, 6.07) is 62.0. The number of ether oxygens (including phenoxy) is 15. The van der Waals surface area contributed by atoms with Crippen molar-refractivity contribution in [1.29, 1.82) is 0 Å². The first-order valence-electron chi connectivity index (χ1n) is 39.7. The van der Waals surface area contributed by atoms with Crippen molar-refractivity contribution >= 4 is 70.0 Å². The van der Waals surface area contributed by atoms with E-state index in [2.05, 4.69) is 35.7 Å².